The SMILES string of the molecule is O=S(=O)(O[Si]1(c2ccccc2)[Si](c2ccccc2)(c2ccccc2)[Si](c2ccccc2)(c2ccccc2)[Si]1(c1ccccc1)c1ccccc1)C(F)(F)F. The van der Waals surface area contributed by atoms with Gasteiger partial charge in [-0.1, -0.05) is 243 Å². The van der Waals surface area contributed by atoms with Crippen molar-refractivity contribution in [3.63, 3.8) is 0 Å². The van der Waals surface area contributed by atoms with Crippen LogP contribution in [0.2, 0.25) is 0 Å². The Hall–Kier alpha value is -4.89. The first-order valence-corrected chi connectivity index (χ1v) is 30.9. The number of hydrogen-bond donors (Lipinski definition) is 0. The van der Waals surface area contributed by atoms with Gasteiger partial charge in [-0.05, 0) is 5.19 Å². The first-order chi connectivity index (χ1) is 26.2. The molecule has 0 saturated carbocycles. The van der Waals surface area contributed by atoms with Crippen LogP contribution in [0.5, 0.6) is 0 Å². The molecule has 1 aliphatic heterocycles. The van der Waals surface area contributed by atoms with Crippen LogP contribution >= 0.6 is 0 Å². The number of benzene rings is 7. The first kappa shape index (κ1) is 36.1. The lowest BCUT2D eigenvalue weighted by atomic mass is 10.4. The lowest BCUT2D eigenvalue weighted by Gasteiger charge is -2.77. The minimum absolute atomic E-state index is 0.548. The van der Waals surface area contributed by atoms with Gasteiger partial charge in [-0.2, -0.15) is 21.6 Å². The Balaban J connectivity index is 1.79. The lowest BCUT2D eigenvalue weighted by Crippen LogP contribution is -3.24. The molecule has 54 heavy (non-hydrogen) atoms. The van der Waals surface area contributed by atoms with Crippen molar-refractivity contribution in [2.24, 2.45) is 0 Å². The molecule has 0 radical (unpaired) electrons. The van der Waals surface area contributed by atoms with Gasteiger partial charge in [0.05, 0.1) is 0 Å². The van der Waals surface area contributed by atoms with E-state index in [1.165, 1.54) is 0 Å². The molecule has 8 rings (SSSR count). The van der Waals surface area contributed by atoms with Crippen molar-refractivity contribution < 1.29 is 25.5 Å². The monoisotopic (exact) mass is 800 g/mol. The van der Waals surface area contributed by atoms with Gasteiger partial charge >= 0.3 is 15.6 Å². The van der Waals surface area contributed by atoms with Crippen LogP contribution in [-0.2, 0) is 14.0 Å². The van der Waals surface area contributed by atoms with Crippen molar-refractivity contribution in [2.45, 2.75) is 5.51 Å². The second kappa shape index (κ2) is 13.8. The fourth-order valence-corrected chi connectivity index (χ4v) is 131. The van der Waals surface area contributed by atoms with Crippen molar-refractivity contribution >= 4 is 75.1 Å². The van der Waals surface area contributed by atoms with Gasteiger partial charge < -0.3 is 3.87 Å². The Morgan fingerprint density at radius 1 is 0.333 bits per heavy atom. The van der Waals surface area contributed by atoms with Gasteiger partial charge in [-0.25, -0.2) is 0 Å². The summed E-state index contributed by atoms with van der Waals surface area (Å²) in [5, 5.41) is 6.07. The Morgan fingerprint density at radius 3 is 0.759 bits per heavy atom. The molecule has 0 amide bonds. The van der Waals surface area contributed by atoms with Crippen molar-refractivity contribution in [3.8, 4) is 0 Å². The van der Waals surface area contributed by atoms with Gasteiger partial charge in [-0.15, -0.1) is 0 Å². The van der Waals surface area contributed by atoms with Crippen molar-refractivity contribution in [3.05, 3.63) is 212 Å². The highest BCUT2D eigenvalue weighted by Crippen LogP contribution is 2.52. The van der Waals surface area contributed by atoms with Crippen LogP contribution < -0.4 is 36.3 Å². The van der Waals surface area contributed by atoms with E-state index in [9.17, 15) is 8.42 Å². The van der Waals surface area contributed by atoms with Gasteiger partial charge in [0.2, 0.25) is 7.35 Å². The second-order valence-corrected chi connectivity index (χ2v) is 49.1. The van der Waals surface area contributed by atoms with Crippen LogP contribution in [0.15, 0.2) is 212 Å². The minimum Gasteiger partial charge on any atom is -0.308 e. The Morgan fingerprint density at radius 2 is 0.537 bits per heavy atom. The summed E-state index contributed by atoms with van der Waals surface area (Å²) < 4.78 is 81.5. The third-order valence-electron chi connectivity index (χ3n) is 11.1. The second-order valence-electron chi connectivity index (χ2n) is 13.5. The topological polar surface area (TPSA) is 43.4 Å². The standard InChI is InChI=1S/C43H35F3O3SSi4/c44-43(45,46)50(47,48)49-54(42-34-20-7-21-35-42)52(38-26-12-3-13-27-38,39-28-14-4-15-29-39)51(36-22-8-1-9-23-36,37-24-10-2-11-25-37)53(54,40-30-16-5-17-31-40)41-32-18-6-19-33-41/h1-35H. The highest BCUT2D eigenvalue weighted by atomic mass is 32.2. The maximum atomic E-state index is 15.3. The molecule has 0 atom stereocenters. The van der Waals surface area contributed by atoms with Crippen molar-refractivity contribution in [1.82, 2.24) is 0 Å². The van der Waals surface area contributed by atoms with Gasteiger partial charge in [0.25, 0.3) is 0 Å². The summed E-state index contributed by atoms with van der Waals surface area (Å²) in [6.07, 6.45) is 0. The molecule has 1 heterocycles. The highest BCUT2D eigenvalue weighted by molar-refractivity contribution is 8.25. The van der Waals surface area contributed by atoms with Crippen molar-refractivity contribution in [1.29, 1.82) is 0 Å². The maximum absolute atomic E-state index is 15.3. The summed E-state index contributed by atoms with van der Waals surface area (Å²) in [5.74, 6) is 0. The van der Waals surface area contributed by atoms with E-state index in [2.05, 4.69) is 24.3 Å². The molecule has 1 fully saturated rings. The molecule has 0 bridgehead atoms. The summed E-state index contributed by atoms with van der Waals surface area (Å²) in [6, 6.07) is 68.9. The van der Waals surface area contributed by atoms with E-state index in [0.717, 1.165) is 31.1 Å². The molecule has 3 nitrogen and oxygen atoms in total. The van der Waals surface area contributed by atoms with Gasteiger partial charge in [-0.3, -0.25) is 0 Å². The highest BCUT2D eigenvalue weighted by Gasteiger charge is 2.97. The van der Waals surface area contributed by atoms with E-state index in [-0.39, 0.29) is 0 Å². The Bertz CT molecular complexity index is 2250. The molecule has 0 aromatic heterocycles. The van der Waals surface area contributed by atoms with E-state index < -0.39 is 44.3 Å². The maximum Gasteiger partial charge on any atom is 0.522 e. The predicted molar refractivity (Wildman–Crippen MR) is 222 cm³/mol. The number of alkyl halides is 3. The molecular weight excluding hydrogens is 766 g/mol. The molecule has 0 unspecified atom stereocenters. The average Bonchev–Trinajstić information content (AvgIpc) is 3.21. The molecule has 0 N–H and O–H groups in total. The van der Waals surface area contributed by atoms with Crippen LogP contribution in [-0.4, -0.2) is 42.6 Å². The minimum atomic E-state index is -6.20. The van der Waals surface area contributed by atoms with Gasteiger partial charge in [0, 0.05) is 0 Å². The zero-order valence-electron chi connectivity index (χ0n) is 29.0. The first-order valence-electron chi connectivity index (χ1n) is 17.6. The molecule has 7 aromatic rings. The van der Waals surface area contributed by atoms with Crippen LogP contribution in [0.3, 0.4) is 0 Å². The zero-order valence-corrected chi connectivity index (χ0v) is 33.8. The normalized spacial score (nSPS) is 16.9. The molecule has 11 heteroatoms. The fourth-order valence-electron chi connectivity index (χ4n) is 9.69. The van der Waals surface area contributed by atoms with Gasteiger partial charge in [0.15, 0.2) is 0 Å². The summed E-state index contributed by atoms with van der Waals surface area (Å²) in [4.78, 5) is 0. The largest absolute Gasteiger partial charge is 0.522 e. The predicted octanol–water partition coefficient (Wildman–Crippen LogP) is 4.82. The van der Waals surface area contributed by atoms with Gasteiger partial charge in [0.1, 0.15) is 21.3 Å². The number of halogens is 3. The molecule has 7 aromatic carbocycles. The van der Waals surface area contributed by atoms with Crippen LogP contribution in [0.4, 0.5) is 13.2 Å². The van der Waals surface area contributed by atoms with Crippen LogP contribution in [0.1, 0.15) is 0 Å². The Kier molecular flexibility index (Phi) is 9.19. The quantitative estimate of drug-likeness (QED) is 0.156. The molecule has 0 spiro atoms. The molecule has 0 aliphatic carbocycles. The van der Waals surface area contributed by atoms with E-state index in [4.69, 9.17) is 3.87 Å². The van der Waals surface area contributed by atoms with E-state index in [1.807, 2.05) is 188 Å². The van der Waals surface area contributed by atoms with Crippen LogP contribution in [0, 0.1) is 0 Å². The molecule has 268 valence electrons. The number of rotatable bonds is 9. The summed E-state index contributed by atoms with van der Waals surface area (Å²) in [6.45, 7) is 0. The third kappa shape index (κ3) is 4.82. The van der Waals surface area contributed by atoms with Crippen molar-refractivity contribution in [2.75, 3.05) is 0 Å². The summed E-state index contributed by atoms with van der Waals surface area (Å²) in [7, 11) is -22.6. The molecular formula is C43H35F3O3SSi4. The van der Waals surface area contributed by atoms with Crippen LogP contribution in [0.25, 0.3) is 0 Å². The fraction of sp³-hybridized carbons (Fsp3) is 0.0233. The third-order valence-corrected chi connectivity index (χ3v) is 88.6. The Labute approximate surface area is 316 Å². The summed E-state index contributed by atoms with van der Waals surface area (Å²) in [5.41, 5.74) is -5.68. The number of hydrogen-bond acceptors (Lipinski definition) is 3. The molecule has 1 aliphatic rings. The summed E-state index contributed by atoms with van der Waals surface area (Å²) >= 11 is 0. The van der Waals surface area contributed by atoms with E-state index >= 15 is 13.2 Å². The lowest BCUT2D eigenvalue weighted by molar-refractivity contribution is -0.0500. The molecule has 1 saturated heterocycles. The average molecular weight is 801 g/mol. The smallest absolute Gasteiger partial charge is 0.308 e. The van der Waals surface area contributed by atoms with E-state index in [0.29, 0.717) is 5.19 Å². The van der Waals surface area contributed by atoms with E-state index in [1.54, 1.807) is 0 Å². The zero-order chi connectivity index (χ0) is 37.5.